The Bertz CT molecular complexity index is 1180. The summed E-state index contributed by atoms with van der Waals surface area (Å²) in [5.74, 6) is -0.914. The number of unbranched alkanes of at least 4 members (excludes halogenated alkanes) is 12. The Kier molecular flexibility index (Phi) is 36.3. The molecule has 0 aliphatic carbocycles. The molecule has 0 rings (SSSR count). The van der Waals surface area contributed by atoms with Gasteiger partial charge in [0.25, 0.3) is 7.82 Å². The summed E-state index contributed by atoms with van der Waals surface area (Å²) in [6.45, 7) is 4.01. The van der Waals surface area contributed by atoms with E-state index >= 15 is 0 Å². The van der Waals surface area contributed by atoms with Crippen LogP contribution in [0.2, 0.25) is 0 Å². The molecule has 0 aromatic rings. The first-order valence-electron chi connectivity index (χ1n) is 21.6. The summed E-state index contributed by atoms with van der Waals surface area (Å²) in [5.41, 5.74) is 0. The van der Waals surface area contributed by atoms with Crippen LogP contribution in [0.25, 0.3) is 0 Å². The number of phosphoric ester groups is 1. The summed E-state index contributed by atoms with van der Waals surface area (Å²) in [7, 11) is 1.12. The average molecular weight is 806 g/mol. The number of quaternary nitrogens is 1. The number of phosphoric acid groups is 1. The number of ether oxygens (including phenoxy) is 2. The van der Waals surface area contributed by atoms with Crippen molar-refractivity contribution in [1.82, 2.24) is 0 Å². The lowest BCUT2D eigenvalue weighted by Crippen LogP contribution is -2.37. The first-order chi connectivity index (χ1) is 27.0. The van der Waals surface area contributed by atoms with E-state index in [2.05, 4.69) is 80.7 Å². The van der Waals surface area contributed by atoms with Crippen molar-refractivity contribution in [3.05, 3.63) is 72.9 Å². The van der Waals surface area contributed by atoms with Gasteiger partial charge in [-0.25, -0.2) is 0 Å². The van der Waals surface area contributed by atoms with Crippen molar-refractivity contribution in [2.45, 2.75) is 161 Å². The molecular formula is C46H80NO8P. The molecule has 322 valence electrons. The summed E-state index contributed by atoms with van der Waals surface area (Å²) >= 11 is 0. The van der Waals surface area contributed by atoms with E-state index < -0.39 is 32.5 Å². The molecule has 10 heteroatoms. The number of carbonyl (C=O) groups excluding carboxylic acids is 2. The van der Waals surface area contributed by atoms with Crippen molar-refractivity contribution in [2.24, 2.45) is 0 Å². The fourth-order valence-electron chi connectivity index (χ4n) is 5.33. The second-order valence-electron chi connectivity index (χ2n) is 15.3. The van der Waals surface area contributed by atoms with Gasteiger partial charge in [-0.3, -0.25) is 14.2 Å². The first-order valence-corrected chi connectivity index (χ1v) is 23.1. The molecule has 0 aliphatic rings. The van der Waals surface area contributed by atoms with Gasteiger partial charge in [0.1, 0.15) is 19.8 Å². The van der Waals surface area contributed by atoms with Crippen molar-refractivity contribution in [2.75, 3.05) is 47.5 Å². The number of esters is 2. The maximum Gasteiger partial charge on any atom is 0.306 e. The molecule has 0 aromatic carbocycles. The highest BCUT2D eigenvalue weighted by Gasteiger charge is 2.21. The van der Waals surface area contributed by atoms with Gasteiger partial charge in [0.2, 0.25) is 0 Å². The summed E-state index contributed by atoms with van der Waals surface area (Å²) < 4.78 is 33.8. The average Bonchev–Trinajstić information content (AvgIpc) is 3.15. The van der Waals surface area contributed by atoms with E-state index in [1.165, 1.54) is 51.4 Å². The summed E-state index contributed by atoms with van der Waals surface area (Å²) in [6, 6.07) is 0. The number of hydrogen-bond acceptors (Lipinski definition) is 8. The van der Waals surface area contributed by atoms with E-state index in [1.807, 2.05) is 27.2 Å². The lowest BCUT2D eigenvalue weighted by Gasteiger charge is -2.28. The minimum Gasteiger partial charge on any atom is -0.756 e. The van der Waals surface area contributed by atoms with Crippen LogP contribution in [0, 0.1) is 0 Å². The minimum absolute atomic E-state index is 0.0438. The molecule has 0 heterocycles. The van der Waals surface area contributed by atoms with Gasteiger partial charge in [0, 0.05) is 12.8 Å². The van der Waals surface area contributed by atoms with Crippen LogP contribution in [-0.4, -0.2) is 70.0 Å². The Morgan fingerprint density at radius 2 is 1.04 bits per heavy atom. The maximum atomic E-state index is 12.7. The van der Waals surface area contributed by atoms with Crippen LogP contribution >= 0.6 is 7.82 Å². The number of rotatable bonds is 38. The number of nitrogens with zero attached hydrogens (tertiary/aromatic N) is 1. The third-order valence-electron chi connectivity index (χ3n) is 8.71. The molecule has 0 bridgehead atoms. The monoisotopic (exact) mass is 806 g/mol. The molecule has 1 unspecified atom stereocenters. The van der Waals surface area contributed by atoms with Crippen LogP contribution in [0.1, 0.15) is 155 Å². The zero-order valence-corrected chi connectivity index (χ0v) is 36.9. The van der Waals surface area contributed by atoms with Gasteiger partial charge in [-0.1, -0.05) is 138 Å². The molecule has 2 atom stereocenters. The number of hydrogen-bond donors (Lipinski definition) is 0. The molecule has 0 aromatic heterocycles. The van der Waals surface area contributed by atoms with E-state index in [4.69, 9.17) is 18.5 Å². The second-order valence-corrected chi connectivity index (χ2v) is 16.7. The van der Waals surface area contributed by atoms with Crippen LogP contribution in [0.4, 0.5) is 0 Å². The lowest BCUT2D eigenvalue weighted by atomic mass is 10.1. The minimum atomic E-state index is -4.64. The fourth-order valence-corrected chi connectivity index (χ4v) is 6.06. The molecule has 0 saturated carbocycles. The van der Waals surface area contributed by atoms with Crippen molar-refractivity contribution in [1.29, 1.82) is 0 Å². The molecule has 0 spiro atoms. The SMILES string of the molecule is CC/C=C\C/C=C\C/C=C\C/C=C\C/C=C\CCCC(=O)OC[C@H](COP(=O)([O-])OCC[N+](C)(C)C)OC(=O)CCCCCCCCC/C=C\CCCCCC. The van der Waals surface area contributed by atoms with Gasteiger partial charge in [-0.2, -0.15) is 0 Å². The van der Waals surface area contributed by atoms with E-state index in [1.54, 1.807) is 0 Å². The Labute approximate surface area is 342 Å². The van der Waals surface area contributed by atoms with Gasteiger partial charge in [0.15, 0.2) is 6.10 Å². The quantitative estimate of drug-likeness (QED) is 0.0199. The normalized spacial score (nSPS) is 14.3. The van der Waals surface area contributed by atoms with Crippen LogP contribution in [-0.2, 0) is 32.7 Å². The largest absolute Gasteiger partial charge is 0.756 e. The van der Waals surface area contributed by atoms with Gasteiger partial charge in [-0.15, -0.1) is 0 Å². The summed E-state index contributed by atoms with van der Waals surface area (Å²) in [4.78, 5) is 37.5. The lowest BCUT2D eigenvalue weighted by molar-refractivity contribution is -0.870. The topological polar surface area (TPSA) is 111 Å². The van der Waals surface area contributed by atoms with Gasteiger partial charge in [-0.05, 0) is 77.0 Å². The van der Waals surface area contributed by atoms with Crippen molar-refractivity contribution >= 4 is 19.8 Å². The van der Waals surface area contributed by atoms with Crippen molar-refractivity contribution < 1.29 is 42.1 Å². The Morgan fingerprint density at radius 1 is 0.571 bits per heavy atom. The Morgan fingerprint density at radius 3 is 1.59 bits per heavy atom. The van der Waals surface area contributed by atoms with Crippen LogP contribution in [0.5, 0.6) is 0 Å². The first kappa shape index (κ1) is 53.5. The molecule has 0 amide bonds. The molecule has 0 saturated heterocycles. The van der Waals surface area contributed by atoms with E-state index in [0.717, 1.165) is 64.2 Å². The van der Waals surface area contributed by atoms with Gasteiger partial charge in [0.05, 0.1) is 27.7 Å². The molecule has 9 nitrogen and oxygen atoms in total. The van der Waals surface area contributed by atoms with E-state index in [0.29, 0.717) is 23.9 Å². The fraction of sp³-hybridized carbons (Fsp3) is 0.696. The smallest absolute Gasteiger partial charge is 0.306 e. The van der Waals surface area contributed by atoms with Gasteiger partial charge < -0.3 is 27.9 Å². The van der Waals surface area contributed by atoms with Crippen molar-refractivity contribution in [3.8, 4) is 0 Å². The van der Waals surface area contributed by atoms with Gasteiger partial charge >= 0.3 is 11.9 Å². The third-order valence-corrected chi connectivity index (χ3v) is 9.67. The molecule has 0 radical (unpaired) electrons. The Balaban J connectivity index is 4.48. The number of likely N-dealkylation sites (N-methyl/N-ethyl adjacent to an activating group) is 1. The van der Waals surface area contributed by atoms with Crippen LogP contribution < -0.4 is 4.89 Å². The third kappa shape index (κ3) is 41.1. The van der Waals surface area contributed by atoms with E-state index in [-0.39, 0.29) is 26.1 Å². The highest BCUT2D eigenvalue weighted by molar-refractivity contribution is 7.45. The summed E-state index contributed by atoms with van der Waals surface area (Å²) in [6.07, 6.45) is 46.5. The molecule has 0 fully saturated rings. The highest BCUT2D eigenvalue weighted by Crippen LogP contribution is 2.38. The number of allylic oxidation sites excluding steroid dienone is 12. The molecular weight excluding hydrogens is 725 g/mol. The second kappa shape index (κ2) is 38.0. The standard InChI is InChI=1S/C46H80NO8P/c1-6-8-10-12-14-16-18-20-22-23-25-26-28-30-32-34-36-38-45(48)52-42-44(43-54-56(50,51)53-41-40-47(3,4)5)55-46(49)39-37-35-33-31-29-27-24-21-19-17-15-13-11-9-7-2/h8,10,14,16-17,19-20,22,25-26,30,32,44H,6-7,9,11-13,15,18,21,23-24,27-29,31,33-43H2,1-5H3/b10-8-,16-14-,19-17-,22-20-,26-25-,32-30-/t44-/m1/s1. The Hall–Kier alpha value is -2.55. The molecule has 0 aliphatic heterocycles. The molecule has 56 heavy (non-hydrogen) atoms. The zero-order valence-electron chi connectivity index (χ0n) is 36.1. The predicted molar refractivity (Wildman–Crippen MR) is 231 cm³/mol. The van der Waals surface area contributed by atoms with E-state index in [9.17, 15) is 19.0 Å². The van der Waals surface area contributed by atoms with Crippen molar-refractivity contribution in [3.63, 3.8) is 0 Å². The predicted octanol–water partition coefficient (Wildman–Crippen LogP) is 11.6. The molecule has 0 N–H and O–H groups in total. The highest BCUT2D eigenvalue weighted by atomic mass is 31.2. The number of carbonyl (C=O) groups is 2. The zero-order chi connectivity index (χ0) is 41.4. The summed E-state index contributed by atoms with van der Waals surface area (Å²) in [5, 5.41) is 0. The van der Waals surface area contributed by atoms with Crippen LogP contribution in [0.15, 0.2) is 72.9 Å². The van der Waals surface area contributed by atoms with Crippen LogP contribution in [0.3, 0.4) is 0 Å². The maximum absolute atomic E-state index is 12.7.